The van der Waals surface area contributed by atoms with E-state index in [0.29, 0.717) is 0 Å². The Hall–Kier alpha value is -1.32. The molecule has 0 aliphatic heterocycles. The highest BCUT2D eigenvalue weighted by Crippen LogP contribution is 2.22. The summed E-state index contributed by atoms with van der Waals surface area (Å²) in [6.07, 6.45) is 7.30. The fraction of sp³-hybridized carbons (Fsp3) is 0.750. The third-order valence-corrected chi connectivity index (χ3v) is 3.24. The zero-order valence-electron chi connectivity index (χ0n) is 13.5. The van der Waals surface area contributed by atoms with E-state index in [1.54, 1.807) is 0 Å². The van der Waals surface area contributed by atoms with Crippen LogP contribution in [0, 0.1) is 13.8 Å². The van der Waals surface area contributed by atoms with E-state index in [9.17, 15) is 0 Å². The molecule has 0 aromatic carbocycles. The van der Waals surface area contributed by atoms with Crippen LogP contribution < -0.4 is 10.1 Å². The summed E-state index contributed by atoms with van der Waals surface area (Å²) in [5.41, 5.74) is 1.01. The highest BCUT2D eigenvalue weighted by Gasteiger charge is 2.09. The second-order valence-corrected chi connectivity index (χ2v) is 5.24. The minimum atomic E-state index is 0.728. The summed E-state index contributed by atoms with van der Waals surface area (Å²) in [5, 5.41) is 3.33. The van der Waals surface area contributed by atoms with Gasteiger partial charge in [0, 0.05) is 6.54 Å². The molecular weight excluding hydrogens is 250 g/mol. The first-order chi connectivity index (χ1) is 9.69. The van der Waals surface area contributed by atoms with Gasteiger partial charge in [-0.1, -0.05) is 39.5 Å². The minimum Gasteiger partial charge on any atom is -0.477 e. The zero-order valence-corrected chi connectivity index (χ0v) is 13.5. The van der Waals surface area contributed by atoms with Gasteiger partial charge in [-0.15, -0.1) is 0 Å². The lowest BCUT2D eigenvalue weighted by molar-refractivity contribution is 0.290. The Morgan fingerprint density at radius 1 is 0.950 bits per heavy atom. The molecule has 1 rings (SSSR count). The quantitative estimate of drug-likeness (QED) is 0.650. The fourth-order valence-electron chi connectivity index (χ4n) is 2.03. The maximum absolute atomic E-state index is 5.83. The number of nitrogens with zero attached hydrogens (tertiary/aromatic N) is 2. The van der Waals surface area contributed by atoms with Crippen molar-refractivity contribution in [3.8, 4) is 5.88 Å². The van der Waals surface area contributed by atoms with Gasteiger partial charge in [0.1, 0.15) is 11.6 Å². The van der Waals surface area contributed by atoms with Crippen molar-refractivity contribution < 1.29 is 4.74 Å². The smallest absolute Gasteiger partial charge is 0.221 e. The molecule has 1 N–H and O–H groups in total. The van der Waals surface area contributed by atoms with Crippen molar-refractivity contribution >= 4 is 5.82 Å². The third kappa shape index (κ3) is 5.76. The van der Waals surface area contributed by atoms with Crippen molar-refractivity contribution in [3.63, 3.8) is 0 Å². The van der Waals surface area contributed by atoms with Crippen LogP contribution in [0.15, 0.2) is 0 Å². The van der Waals surface area contributed by atoms with Crippen LogP contribution >= 0.6 is 0 Å². The highest BCUT2D eigenvalue weighted by molar-refractivity contribution is 5.48. The van der Waals surface area contributed by atoms with Gasteiger partial charge < -0.3 is 10.1 Å². The third-order valence-electron chi connectivity index (χ3n) is 3.24. The summed E-state index contributed by atoms with van der Waals surface area (Å²) < 4.78 is 5.83. The lowest BCUT2D eigenvalue weighted by Gasteiger charge is -2.13. The average molecular weight is 279 g/mol. The molecule has 1 aromatic rings. The maximum Gasteiger partial charge on any atom is 0.221 e. The molecule has 20 heavy (non-hydrogen) atoms. The molecule has 0 radical (unpaired) electrons. The number of unbranched alkanes of at least 4 members (excludes halogenated alkanes) is 4. The van der Waals surface area contributed by atoms with Crippen LogP contribution in [0.25, 0.3) is 0 Å². The molecule has 0 amide bonds. The Labute approximate surface area is 123 Å². The second kappa shape index (κ2) is 9.56. The molecule has 4 nitrogen and oxygen atoms in total. The highest BCUT2D eigenvalue weighted by atomic mass is 16.5. The van der Waals surface area contributed by atoms with Crippen molar-refractivity contribution in [2.24, 2.45) is 0 Å². The number of ether oxygens (including phenoxy) is 1. The minimum absolute atomic E-state index is 0.728. The predicted octanol–water partition coefficient (Wildman–Crippen LogP) is 4.26. The molecule has 114 valence electrons. The van der Waals surface area contributed by atoms with E-state index < -0.39 is 0 Å². The Bertz CT molecular complexity index is 394. The number of hydrogen-bond donors (Lipinski definition) is 1. The molecule has 1 aromatic heterocycles. The van der Waals surface area contributed by atoms with Crippen LogP contribution in [0.2, 0.25) is 0 Å². The van der Waals surface area contributed by atoms with Crippen LogP contribution in [-0.4, -0.2) is 23.1 Å². The van der Waals surface area contributed by atoms with Gasteiger partial charge in [0.15, 0.2) is 0 Å². The summed E-state index contributed by atoms with van der Waals surface area (Å²) in [5.74, 6) is 2.39. The number of aryl methyl sites for hydroxylation is 1. The summed E-state index contributed by atoms with van der Waals surface area (Å²) in [6, 6.07) is 0. The monoisotopic (exact) mass is 279 g/mol. The van der Waals surface area contributed by atoms with Gasteiger partial charge in [-0.3, -0.25) is 0 Å². The van der Waals surface area contributed by atoms with Gasteiger partial charge in [0.05, 0.1) is 12.2 Å². The Kier molecular flexibility index (Phi) is 8.00. The summed E-state index contributed by atoms with van der Waals surface area (Å²) in [4.78, 5) is 8.84. The Balaban J connectivity index is 2.49. The molecule has 0 fully saturated rings. The van der Waals surface area contributed by atoms with E-state index in [4.69, 9.17) is 4.74 Å². The van der Waals surface area contributed by atoms with E-state index >= 15 is 0 Å². The van der Waals surface area contributed by atoms with Crippen molar-refractivity contribution in [3.05, 3.63) is 11.4 Å². The van der Waals surface area contributed by atoms with Crippen molar-refractivity contribution in [2.45, 2.75) is 66.2 Å². The SMILES string of the molecule is CCCCCCCOc1nc(C)nc(NCCC)c1C. The van der Waals surface area contributed by atoms with Crippen LogP contribution in [0.5, 0.6) is 5.88 Å². The lowest BCUT2D eigenvalue weighted by Crippen LogP contribution is -2.09. The Morgan fingerprint density at radius 2 is 1.70 bits per heavy atom. The summed E-state index contributed by atoms with van der Waals surface area (Å²) in [6.45, 7) is 9.97. The molecule has 0 saturated carbocycles. The summed E-state index contributed by atoms with van der Waals surface area (Å²) in [7, 11) is 0. The molecule has 0 saturated heterocycles. The molecule has 1 heterocycles. The van der Waals surface area contributed by atoms with Gasteiger partial charge >= 0.3 is 0 Å². The number of rotatable bonds is 10. The number of anilines is 1. The average Bonchev–Trinajstić information content (AvgIpc) is 2.44. The normalized spacial score (nSPS) is 10.6. The van der Waals surface area contributed by atoms with E-state index in [2.05, 4.69) is 29.1 Å². The predicted molar refractivity (Wildman–Crippen MR) is 84.5 cm³/mol. The number of aromatic nitrogens is 2. The first-order valence-electron chi connectivity index (χ1n) is 7.90. The van der Waals surface area contributed by atoms with Crippen molar-refractivity contribution in [2.75, 3.05) is 18.5 Å². The van der Waals surface area contributed by atoms with Gasteiger partial charge in [-0.2, -0.15) is 4.98 Å². The maximum atomic E-state index is 5.83. The molecular formula is C16H29N3O. The summed E-state index contributed by atoms with van der Waals surface area (Å²) >= 11 is 0. The van der Waals surface area contributed by atoms with Crippen molar-refractivity contribution in [1.29, 1.82) is 0 Å². The molecule has 0 atom stereocenters. The number of hydrogen-bond acceptors (Lipinski definition) is 4. The molecule has 0 aliphatic carbocycles. The molecule has 0 spiro atoms. The van der Waals surface area contributed by atoms with Gasteiger partial charge in [-0.25, -0.2) is 4.98 Å². The van der Waals surface area contributed by atoms with Gasteiger partial charge in [0.25, 0.3) is 0 Å². The van der Waals surface area contributed by atoms with Crippen LogP contribution in [0.3, 0.4) is 0 Å². The van der Waals surface area contributed by atoms with E-state index in [0.717, 1.165) is 49.1 Å². The number of nitrogens with one attached hydrogen (secondary N) is 1. The van der Waals surface area contributed by atoms with E-state index in [1.807, 2.05) is 13.8 Å². The molecule has 0 bridgehead atoms. The van der Waals surface area contributed by atoms with E-state index in [-0.39, 0.29) is 0 Å². The van der Waals surface area contributed by atoms with Gasteiger partial charge in [0.2, 0.25) is 5.88 Å². The fourth-order valence-corrected chi connectivity index (χ4v) is 2.03. The van der Waals surface area contributed by atoms with Crippen LogP contribution in [0.1, 0.15) is 63.8 Å². The first kappa shape index (κ1) is 16.7. The van der Waals surface area contributed by atoms with E-state index in [1.165, 1.54) is 25.7 Å². The van der Waals surface area contributed by atoms with Crippen molar-refractivity contribution in [1.82, 2.24) is 9.97 Å². The topological polar surface area (TPSA) is 47.0 Å². The zero-order chi connectivity index (χ0) is 14.8. The molecule has 0 unspecified atom stereocenters. The first-order valence-corrected chi connectivity index (χ1v) is 7.90. The van der Waals surface area contributed by atoms with Gasteiger partial charge in [-0.05, 0) is 26.7 Å². The van der Waals surface area contributed by atoms with Crippen LogP contribution in [0.4, 0.5) is 5.82 Å². The molecule has 0 aliphatic rings. The Morgan fingerprint density at radius 3 is 2.40 bits per heavy atom. The lowest BCUT2D eigenvalue weighted by atomic mass is 10.2. The largest absolute Gasteiger partial charge is 0.477 e. The standard InChI is InChI=1S/C16H29N3O/c1-5-7-8-9-10-12-20-16-13(3)15(17-11-6-2)18-14(4)19-16/h5-12H2,1-4H3,(H,17,18,19). The van der Waals surface area contributed by atoms with Crippen LogP contribution in [-0.2, 0) is 0 Å². The second-order valence-electron chi connectivity index (χ2n) is 5.24. The molecule has 4 heteroatoms.